The van der Waals surface area contributed by atoms with E-state index in [1.807, 2.05) is 64.5 Å². The van der Waals surface area contributed by atoms with E-state index in [2.05, 4.69) is 29.1 Å². The molecule has 0 saturated heterocycles. The molecular formula is C23H25N9O. The summed E-state index contributed by atoms with van der Waals surface area (Å²) >= 11 is 0. The Balaban J connectivity index is 1.72. The van der Waals surface area contributed by atoms with Gasteiger partial charge in [-0.1, -0.05) is 0 Å². The number of pyridine rings is 1. The van der Waals surface area contributed by atoms with Gasteiger partial charge in [0.25, 0.3) is 0 Å². The van der Waals surface area contributed by atoms with Gasteiger partial charge in [-0.3, -0.25) is 4.68 Å². The van der Waals surface area contributed by atoms with Gasteiger partial charge < -0.3 is 14.6 Å². The molecule has 0 atom stereocenters. The van der Waals surface area contributed by atoms with Crippen LogP contribution in [0.5, 0.6) is 5.75 Å². The number of hydrogen-bond acceptors (Lipinski definition) is 7. The first kappa shape index (κ1) is 20.7. The summed E-state index contributed by atoms with van der Waals surface area (Å²) in [6.45, 7) is 6.25. The fourth-order valence-corrected chi connectivity index (χ4v) is 3.78. The quantitative estimate of drug-likeness (QED) is 0.423. The lowest BCUT2D eigenvalue weighted by Gasteiger charge is -2.12. The Morgan fingerprint density at radius 3 is 2.58 bits per heavy atom. The molecule has 5 rings (SSSR count). The molecule has 0 bridgehead atoms. The van der Waals surface area contributed by atoms with Crippen molar-refractivity contribution in [1.29, 1.82) is 0 Å². The van der Waals surface area contributed by atoms with Gasteiger partial charge in [0.1, 0.15) is 5.52 Å². The van der Waals surface area contributed by atoms with Gasteiger partial charge >= 0.3 is 0 Å². The third kappa shape index (κ3) is 3.59. The van der Waals surface area contributed by atoms with Crippen LogP contribution in [0.15, 0.2) is 49.2 Å². The maximum Gasteiger partial charge on any atom is 0.218 e. The molecule has 5 aromatic rings. The van der Waals surface area contributed by atoms with Gasteiger partial charge in [0.2, 0.25) is 5.82 Å². The van der Waals surface area contributed by atoms with Crippen molar-refractivity contribution in [3.8, 4) is 28.7 Å². The highest BCUT2D eigenvalue weighted by Crippen LogP contribution is 2.33. The third-order valence-corrected chi connectivity index (χ3v) is 5.55. The Kier molecular flexibility index (Phi) is 5.04. The first-order valence-electron chi connectivity index (χ1n) is 10.7. The molecule has 0 aliphatic carbocycles. The zero-order valence-corrected chi connectivity index (χ0v) is 19.2. The molecular weight excluding hydrogens is 418 g/mol. The molecule has 168 valence electrons. The molecule has 0 saturated carbocycles. The van der Waals surface area contributed by atoms with Crippen LogP contribution in [0.3, 0.4) is 0 Å². The highest BCUT2D eigenvalue weighted by atomic mass is 16.5. The van der Waals surface area contributed by atoms with Crippen LogP contribution in [0.25, 0.3) is 28.4 Å². The molecule has 0 unspecified atom stereocenters. The summed E-state index contributed by atoms with van der Waals surface area (Å²) in [4.78, 5) is 13.7. The first-order valence-corrected chi connectivity index (χ1v) is 10.7. The number of anilines is 2. The summed E-state index contributed by atoms with van der Waals surface area (Å²) in [5, 5.41) is 12.9. The number of imidazole rings is 1. The van der Waals surface area contributed by atoms with Crippen LogP contribution in [0.4, 0.5) is 11.6 Å². The zero-order chi connectivity index (χ0) is 23.1. The van der Waals surface area contributed by atoms with Gasteiger partial charge in [0, 0.05) is 49.6 Å². The maximum atomic E-state index is 5.48. The van der Waals surface area contributed by atoms with Crippen molar-refractivity contribution in [2.24, 2.45) is 7.05 Å². The summed E-state index contributed by atoms with van der Waals surface area (Å²) in [5.74, 6) is 2.93. The van der Waals surface area contributed by atoms with Gasteiger partial charge in [-0.25, -0.2) is 19.5 Å². The van der Waals surface area contributed by atoms with E-state index in [0.717, 1.165) is 22.3 Å². The van der Waals surface area contributed by atoms with Crippen LogP contribution >= 0.6 is 0 Å². The predicted molar refractivity (Wildman–Crippen MR) is 126 cm³/mol. The third-order valence-electron chi connectivity index (χ3n) is 5.55. The van der Waals surface area contributed by atoms with Crippen molar-refractivity contribution >= 4 is 17.2 Å². The van der Waals surface area contributed by atoms with Gasteiger partial charge in [-0.05, 0) is 44.5 Å². The molecule has 5 aromatic heterocycles. The van der Waals surface area contributed by atoms with Crippen molar-refractivity contribution < 1.29 is 4.74 Å². The minimum atomic E-state index is 0.278. The van der Waals surface area contributed by atoms with E-state index in [1.165, 1.54) is 0 Å². The largest absolute Gasteiger partial charge is 0.493 e. The van der Waals surface area contributed by atoms with E-state index >= 15 is 0 Å². The van der Waals surface area contributed by atoms with Gasteiger partial charge in [0.05, 0.1) is 12.8 Å². The monoisotopic (exact) mass is 443 g/mol. The number of ether oxygens (including phenoxy) is 1. The second kappa shape index (κ2) is 8.05. The molecule has 1 N–H and O–H groups in total. The van der Waals surface area contributed by atoms with E-state index < -0.39 is 0 Å². The normalized spacial score (nSPS) is 11.5. The Morgan fingerprint density at radius 2 is 1.88 bits per heavy atom. The van der Waals surface area contributed by atoms with E-state index in [1.54, 1.807) is 19.5 Å². The Morgan fingerprint density at radius 1 is 1.03 bits per heavy atom. The van der Waals surface area contributed by atoms with Crippen molar-refractivity contribution in [2.75, 3.05) is 12.4 Å². The lowest BCUT2D eigenvalue weighted by Crippen LogP contribution is -2.07. The summed E-state index contributed by atoms with van der Waals surface area (Å²) < 4.78 is 11.1. The minimum absolute atomic E-state index is 0.278. The highest BCUT2D eigenvalue weighted by Gasteiger charge is 2.20. The summed E-state index contributed by atoms with van der Waals surface area (Å²) in [5.41, 5.74) is 3.70. The molecule has 33 heavy (non-hydrogen) atoms. The average Bonchev–Trinajstić information content (AvgIpc) is 3.53. The predicted octanol–water partition coefficient (Wildman–Crippen LogP) is 4.03. The van der Waals surface area contributed by atoms with Crippen LogP contribution in [0.2, 0.25) is 0 Å². The lowest BCUT2D eigenvalue weighted by atomic mass is 10.1. The molecule has 0 aromatic carbocycles. The van der Waals surface area contributed by atoms with E-state index in [0.29, 0.717) is 29.0 Å². The van der Waals surface area contributed by atoms with Crippen molar-refractivity contribution in [2.45, 2.75) is 26.8 Å². The molecule has 0 radical (unpaired) electrons. The molecule has 0 spiro atoms. The van der Waals surface area contributed by atoms with Crippen molar-refractivity contribution in [1.82, 2.24) is 38.9 Å². The number of rotatable bonds is 6. The van der Waals surface area contributed by atoms with Gasteiger partial charge in [0.15, 0.2) is 23.2 Å². The van der Waals surface area contributed by atoms with E-state index in [-0.39, 0.29) is 6.04 Å². The topological polar surface area (TPSA) is 100.0 Å². The Bertz CT molecular complexity index is 1440. The number of fused-ring (bicyclic) bond motifs is 1. The standard InChI is InChI=1S/C23H25N9O/c1-14(2)31-11-8-17(28-31)16-13-32-19(15(16)3)21(26-20-18(33-5)7-6-9-24-20)27-22(29-32)23-25-10-12-30(23)4/h6-14H,1-5H3,(H,24,26,27,29). The zero-order valence-electron chi connectivity index (χ0n) is 19.2. The van der Waals surface area contributed by atoms with Gasteiger partial charge in [-0.2, -0.15) is 5.10 Å². The summed E-state index contributed by atoms with van der Waals surface area (Å²) in [6, 6.07) is 5.97. The number of aromatic nitrogens is 8. The summed E-state index contributed by atoms with van der Waals surface area (Å²) in [7, 11) is 3.53. The van der Waals surface area contributed by atoms with Crippen LogP contribution in [0, 0.1) is 6.92 Å². The second-order valence-corrected chi connectivity index (χ2v) is 8.06. The highest BCUT2D eigenvalue weighted by molar-refractivity contribution is 5.84. The van der Waals surface area contributed by atoms with Gasteiger partial charge in [-0.15, -0.1) is 5.10 Å². The fourth-order valence-electron chi connectivity index (χ4n) is 3.78. The summed E-state index contributed by atoms with van der Waals surface area (Å²) in [6.07, 6.45) is 9.26. The smallest absolute Gasteiger partial charge is 0.218 e. The first-order chi connectivity index (χ1) is 16.0. The molecule has 5 heterocycles. The molecule has 0 amide bonds. The number of nitrogens with zero attached hydrogens (tertiary/aromatic N) is 8. The maximum absolute atomic E-state index is 5.48. The fraction of sp³-hybridized carbons (Fsp3) is 0.261. The number of aryl methyl sites for hydroxylation is 2. The van der Waals surface area contributed by atoms with Crippen LogP contribution in [-0.2, 0) is 7.05 Å². The Labute approximate surface area is 190 Å². The molecule has 0 fully saturated rings. The van der Waals surface area contributed by atoms with Crippen molar-refractivity contribution in [3.63, 3.8) is 0 Å². The number of hydrogen-bond donors (Lipinski definition) is 1. The molecule has 10 heteroatoms. The Hall–Kier alpha value is -4.21. The SMILES string of the molecule is COc1cccnc1Nc1nc(-c2nccn2C)nn2cc(-c3ccn(C(C)C)n3)c(C)c12. The average molecular weight is 444 g/mol. The second-order valence-electron chi connectivity index (χ2n) is 8.06. The molecule has 0 aliphatic heterocycles. The number of methoxy groups -OCH3 is 1. The van der Waals surface area contributed by atoms with Crippen LogP contribution < -0.4 is 10.1 Å². The molecule has 0 aliphatic rings. The van der Waals surface area contributed by atoms with E-state index in [9.17, 15) is 0 Å². The minimum Gasteiger partial charge on any atom is -0.493 e. The van der Waals surface area contributed by atoms with Crippen LogP contribution in [-0.4, -0.2) is 46.0 Å². The van der Waals surface area contributed by atoms with Crippen molar-refractivity contribution in [3.05, 3.63) is 54.7 Å². The van der Waals surface area contributed by atoms with Crippen LogP contribution in [0.1, 0.15) is 25.5 Å². The molecule has 10 nitrogen and oxygen atoms in total. The van der Waals surface area contributed by atoms with E-state index in [4.69, 9.17) is 19.9 Å². The number of nitrogens with one attached hydrogen (secondary N) is 1. The lowest BCUT2D eigenvalue weighted by molar-refractivity contribution is 0.415.